The topological polar surface area (TPSA) is 0 Å². The summed E-state index contributed by atoms with van der Waals surface area (Å²) in [6.45, 7) is 4.53. The van der Waals surface area contributed by atoms with E-state index >= 15 is 0 Å². The number of hydrogen-bond acceptors (Lipinski definition) is 1. The van der Waals surface area contributed by atoms with Crippen LogP contribution >= 0.6 is 27.3 Å². The molecule has 0 unspecified atom stereocenters. The van der Waals surface area contributed by atoms with Gasteiger partial charge in [0.1, 0.15) is 0 Å². The van der Waals surface area contributed by atoms with Crippen LogP contribution in [0.5, 0.6) is 0 Å². The monoisotopic (exact) mass is 232 g/mol. The predicted octanol–water partition coefficient (Wildman–Crippen LogP) is 4.10. The fourth-order valence-electron chi connectivity index (χ4n) is 0.917. The van der Waals surface area contributed by atoms with E-state index < -0.39 is 0 Å². The molecule has 0 fully saturated rings. The van der Waals surface area contributed by atoms with Crippen LogP contribution in [0.15, 0.2) is 15.9 Å². The number of rotatable bonds is 3. The highest BCUT2D eigenvalue weighted by molar-refractivity contribution is 9.11. The molecule has 11 heavy (non-hydrogen) atoms. The molecule has 0 saturated heterocycles. The molecular formula is C9H13BrS. The normalized spacial score (nSPS) is 10.9. The molecule has 0 aliphatic rings. The summed E-state index contributed by atoms with van der Waals surface area (Å²) in [5, 5.41) is 0. The van der Waals surface area contributed by atoms with Crippen LogP contribution in [0, 0.1) is 5.92 Å². The number of thiophene rings is 1. The Morgan fingerprint density at radius 3 is 2.64 bits per heavy atom. The highest BCUT2D eigenvalue weighted by atomic mass is 79.9. The summed E-state index contributed by atoms with van der Waals surface area (Å²) < 4.78 is 1.25. The number of halogens is 1. The minimum absolute atomic E-state index is 0.816. The molecule has 62 valence electrons. The molecule has 1 heterocycles. The van der Waals surface area contributed by atoms with E-state index in [1.165, 1.54) is 21.5 Å². The summed E-state index contributed by atoms with van der Waals surface area (Å²) in [6.07, 6.45) is 2.53. The largest absolute Gasteiger partial charge is 0.133 e. The molecule has 1 aromatic rings. The maximum Gasteiger partial charge on any atom is 0.0701 e. The van der Waals surface area contributed by atoms with Gasteiger partial charge in [0.15, 0.2) is 0 Å². The number of aryl methyl sites for hydroxylation is 1. The molecule has 0 aliphatic carbocycles. The van der Waals surface area contributed by atoms with Crippen molar-refractivity contribution in [2.75, 3.05) is 0 Å². The second kappa shape index (κ2) is 4.27. The van der Waals surface area contributed by atoms with Gasteiger partial charge in [-0.1, -0.05) is 13.8 Å². The van der Waals surface area contributed by atoms with Crippen molar-refractivity contribution in [1.82, 2.24) is 0 Å². The lowest BCUT2D eigenvalue weighted by molar-refractivity contribution is 0.590. The summed E-state index contributed by atoms with van der Waals surface area (Å²) in [5.74, 6) is 0.816. The Morgan fingerprint density at radius 1 is 1.45 bits per heavy atom. The summed E-state index contributed by atoms with van der Waals surface area (Å²) >= 11 is 5.30. The highest BCUT2D eigenvalue weighted by Gasteiger charge is 1.99. The van der Waals surface area contributed by atoms with Gasteiger partial charge in [0, 0.05) is 4.88 Å². The Hall–Kier alpha value is 0.180. The smallest absolute Gasteiger partial charge is 0.0701 e. The van der Waals surface area contributed by atoms with Crippen molar-refractivity contribution in [3.8, 4) is 0 Å². The lowest BCUT2D eigenvalue weighted by Gasteiger charge is -2.00. The van der Waals surface area contributed by atoms with Gasteiger partial charge in [-0.05, 0) is 46.8 Å². The molecule has 0 radical (unpaired) electrons. The van der Waals surface area contributed by atoms with Crippen molar-refractivity contribution < 1.29 is 0 Å². The van der Waals surface area contributed by atoms with E-state index in [1.807, 2.05) is 11.3 Å². The van der Waals surface area contributed by atoms with Gasteiger partial charge < -0.3 is 0 Å². The number of hydrogen-bond donors (Lipinski definition) is 0. The van der Waals surface area contributed by atoms with E-state index in [0.717, 1.165) is 5.92 Å². The molecule has 1 aromatic heterocycles. The predicted molar refractivity (Wildman–Crippen MR) is 55.2 cm³/mol. The van der Waals surface area contributed by atoms with Crippen LogP contribution in [0.3, 0.4) is 0 Å². The first kappa shape index (κ1) is 9.27. The molecular weight excluding hydrogens is 220 g/mol. The van der Waals surface area contributed by atoms with E-state index in [-0.39, 0.29) is 0 Å². The van der Waals surface area contributed by atoms with Gasteiger partial charge in [-0.25, -0.2) is 0 Å². The van der Waals surface area contributed by atoms with E-state index in [0.29, 0.717) is 0 Å². The zero-order chi connectivity index (χ0) is 8.27. The maximum absolute atomic E-state index is 3.46. The molecule has 0 amide bonds. The van der Waals surface area contributed by atoms with Crippen molar-refractivity contribution in [2.45, 2.75) is 26.7 Å². The average Bonchev–Trinajstić information content (AvgIpc) is 2.31. The van der Waals surface area contributed by atoms with Crippen molar-refractivity contribution in [2.24, 2.45) is 5.92 Å². The standard InChI is InChI=1S/C9H13BrS/c1-7(2)3-4-8-5-6-9(10)11-8/h5-7H,3-4H2,1-2H3. The molecule has 0 aromatic carbocycles. The van der Waals surface area contributed by atoms with Crippen LogP contribution in [0.4, 0.5) is 0 Å². The fraction of sp³-hybridized carbons (Fsp3) is 0.556. The van der Waals surface area contributed by atoms with Gasteiger partial charge in [-0.2, -0.15) is 0 Å². The lowest BCUT2D eigenvalue weighted by atomic mass is 10.1. The van der Waals surface area contributed by atoms with Gasteiger partial charge in [0.25, 0.3) is 0 Å². The molecule has 0 N–H and O–H groups in total. The average molecular weight is 233 g/mol. The van der Waals surface area contributed by atoms with Gasteiger partial charge >= 0.3 is 0 Å². The van der Waals surface area contributed by atoms with Crippen molar-refractivity contribution in [3.05, 3.63) is 20.8 Å². The summed E-state index contributed by atoms with van der Waals surface area (Å²) in [5.41, 5.74) is 0. The Labute approximate surface area is 80.8 Å². The second-order valence-electron chi connectivity index (χ2n) is 3.14. The van der Waals surface area contributed by atoms with Crippen LogP contribution in [-0.4, -0.2) is 0 Å². The summed E-state index contributed by atoms with van der Waals surface area (Å²) in [4.78, 5) is 1.49. The van der Waals surface area contributed by atoms with Crippen LogP contribution in [0.25, 0.3) is 0 Å². The second-order valence-corrected chi connectivity index (χ2v) is 5.69. The Bertz CT molecular complexity index is 215. The zero-order valence-electron chi connectivity index (χ0n) is 6.93. The fourth-order valence-corrected chi connectivity index (χ4v) is 2.42. The Morgan fingerprint density at radius 2 is 2.18 bits per heavy atom. The van der Waals surface area contributed by atoms with Gasteiger partial charge in [-0.15, -0.1) is 11.3 Å². The van der Waals surface area contributed by atoms with Crippen LogP contribution in [0.1, 0.15) is 25.1 Å². The van der Waals surface area contributed by atoms with E-state index in [2.05, 4.69) is 41.9 Å². The third kappa shape index (κ3) is 3.39. The molecule has 0 aliphatic heterocycles. The molecule has 1 rings (SSSR count). The van der Waals surface area contributed by atoms with Gasteiger partial charge in [0.2, 0.25) is 0 Å². The van der Waals surface area contributed by atoms with Crippen LogP contribution in [-0.2, 0) is 6.42 Å². The van der Waals surface area contributed by atoms with Crippen molar-refractivity contribution in [3.63, 3.8) is 0 Å². The van der Waals surface area contributed by atoms with Crippen LogP contribution in [0.2, 0.25) is 0 Å². The minimum atomic E-state index is 0.816. The molecule has 0 spiro atoms. The van der Waals surface area contributed by atoms with Gasteiger partial charge in [-0.3, -0.25) is 0 Å². The quantitative estimate of drug-likeness (QED) is 0.737. The SMILES string of the molecule is CC(C)CCc1ccc(Br)s1. The summed E-state index contributed by atoms with van der Waals surface area (Å²) in [7, 11) is 0. The Kier molecular flexibility index (Phi) is 3.60. The van der Waals surface area contributed by atoms with E-state index in [1.54, 1.807) is 0 Å². The van der Waals surface area contributed by atoms with Crippen molar-refractivity contribution in [1.29, 1.82) is 0 Å². The molecule has 2 heteroatoms. The highest BCUT2D eigenvalue weighted by Crippen LogP contribution is 2.23. The minimum Gasteiger partial charge on any atom is -0.133 e. The summed E-state index contributed by atoms with van der Waals surface area (Å²) in [6, 6.07) is 4.33. The first-order chi connectivity index (χ1) is 5.18. The first-order valence-electron chi connectivity index (χ1n) is 3.92. The van der Waals surface area contributed by atoms with E-state index in [4.69, 9.17) is 0 Å². The molecule has 0 atom stereocenters. The molecule has 0 bridgehead atoms. The maximum atomic E-state index is 3.46. The first-order valence-corrected chi connectivity index (χ1v) is 5.53. The Balaban J connectivity index is 2.39. The molecule has 0 saturated carbocycles. The van der Waals surface area contributed by atoms with Crippen molar-refractivity contribution >= 4 is 27.3 Å². The third-order valence-electron chi connectivity index (χ3n) is 1.60. The molecule has 0 nitrogen and oxygen atoms in total. The lowest BCUT2D eigenvalue weighted by Crippen LogP contribution is -1.88. The van der Waals surface area contributed by atoms with E-state index in [9.17, 15) is 0 Å². The van der Waals surface area contributed by atoms with Crippen LogP contribution < -0.4 is 0 Å². The third-order valence-corrected chi connectivity index (χ3v) is 3.28. The zero-order valence-corrected chi connectivity index (χ0v) is 9.33. The van der Waals surface area contributed by atoms with Gasteiger partial charge in [0.05, 0.1) is 3.79 Å².